The number of hydrogen-bond acceptors (Lipinski definition) is 10. The van der Waals surface area contributed by atoms with Gasteiger partial charge in [0.15, 0.2) is 12.1 Å². The maximum atomic E-state index is 12.7. The summed E-state index contributed by atoms with van der Waals surface area (Å²) in [7, 11) is 0. The highest BCUT2D eigenvalue weighted by atomic mass is 16.8. The minimum absolute atomic E-state index is 0.0126. The van der Waals surface area contributed by atoms with Crippen molar-refractivity contribution in [3.8, 4) is 0 Å². The Balaban J connectivity index is 1.12. The summed E-state index contributed by atoms with van der Waals surface area (Å²) in [5, 5.41) is 67.0. The van der Waals surface area contributed by atoms with Gasteiger partial charge >= 0.3 is 0 Å². The van der Waals surface area contributed by atoms with Crippen molar-refractivity contribution in [2.45, 2.75) is 160 Å². The summed E-state index contributed by atoms with van der Waals surface area (Å²) in [6, 6.07) is 0. The lowest BCUT2D eigenvalue weighted by Crippen LogP contribution is -2.64. The van der Waals surface area contributed by atoms with Gasteiger partial charge in [0.25, 0.3) is 0 Å². The van der Waals surface area contributed by atoms with Gasteiger partial charge < -0.3 is 49.6 Å². The molecule has 10 nitrogen and oxygen atoms in total. The fraction of sp³-hybridized carbons (Fsp3) is 1.00. The molecule has 0 aromatic carbocycles. The Kier molecular flexibility index (Phi) is 6.53. The van der Waals surface area contributed by atoms with Crippen LogP contribution in [0.25, 0.3) is 0 Å². The van der Waals surface area contributed by atoms with Crippen LogP contribution in [-0.2, 0) is 18.9 Å². The van der Waals surface area contributed by atoms with Gasteiger partial charge in [0.1, 0.15) is 30.5 Å². The van der Waals surface area contributed by atoms with Gasteiger partial charge in [-0.15, -0.1) is 0 Å². The number of rotatable bonds is 3. The maximum Gasteiger partial charge on any atom is 0.199 e. The van der Waals surface area contributed by atoms with Gasteiger partial charge in [0, 0.05) is 16.7 Å². The van der Waals surface area contributed by atoms with E-state index in [1.165, 1.54) is 0 Å². The Hall–Kier alpha value is -0.400. The molecule has 3 heterocycles. The molecule has 8 aliphatic rings. The average Bonchev–Trinajstić information content (AvgIpc) is 3.44. The van der Waals surface area contributed by atoms with Crippen molar-refractivity contribution in [1.29, 1.82) is 0 Å². The van der Waals surface area contributed by atoms with Crippen LogP contribution in [0, 0.1) is 50.7 Å². The Morgan fingerprint density at radius 2 is 1.53 bits per heavy atom. The third-order valence-corrected chi connectivity index (χ3v) is 15.9. The van der Waals surface area contributed by atoms with Crippen LogP contribution in [0.1, 0.15) is 93.4 Å². The molecule has 3 aliphatic heterocycles. The molecule has 8 rings (SSSR count). The van der Waals surface area contributed by atoms with Gasteiger partial charge in [-0.1, -0.05) is 34.6 Å². The molecule has 3 saturated heterocycles. The molecule has 7 unspecified atom stereocenters. The molecule has 18 atom stereocenters. The van der Waals surface area contributed by atoms with Gasteiger partial charge in [-0.3, -0.25) is 0 Å². The molecule has 0 aromatic heterocycles. The molecule has 8 fully saturated rings. The summed E-state index contributed by atoms with van der Waals surface area (Å²) in [6.07, 6.45) is -1.40. The second kappa shape index (κ2) is 9.23. The Morgan fingerprint density at radius 3 is 2.22 bits per heavy atom. The molecule has 256 valence electrons. The van der Waals surface area contributed by atoms with E-state index < -0.39 is 65.1 Å². The second-order valence-electron chi connectivity index (χ2n) is 18.4. The SMILES string of the molecule is C[C@@H]1CC2O[C@]3(O[C@H]2C(C)(C)O)C1[C@@]1(C)C(O)CC24CC25CC[C@H](O[C@H]2OC[C@H](O)[C@H](O)[C@H]2O)C(C)(C)C5CCC4[C@]1(C)[C@H]3O. The molecule has 0 amide bonds. The lowest BCUT2D eigenvalue weighted by molar-refractivity contribution is -0.304. The van der Waals surface area contributed by atoms with E-state index in [2.05, 4.69) is 34.6 Å². The zero-order valence-electron chi connectivity index (χ0n) is 28.0. The molecule has 10 heteroatoms. The van der Waals surface area contributed by atoms with Gasteiger partial charge in [-0.05, 0) is 92.8 Å². The quantitative estimate of drug-likeness (QED) is 0.254. The van der Waals surface area contributed by atoms with Crippen molar-refractivity contribution in [1.82, 2.24) is 0 Å². The van der Waals surface area contributed by atoms with Crippen LogP contribution in [0.5, 0.6) is 0 Å². The second-order valence-corrected chi connectivity index (χ2v) is 18.4. The number of aliphatic hydroxyl groups excluding tert-OH is 5. The highest BCUT2D eigenvalue weighted by molar-refractivity contribution is 5.36. The molecule has 2 bridgehead atoms. The number of hydrogen-bond donors (Lipinski definition) is 6. The van der Waals surface area contributed by atoms with Gasteiger partial charge in [0.2, 0.25) is 0 Å². The zero-order chi connectivity index (χ0) is 32.5. The largest absolute Gasteiger partial charge is 0.393 e. The first kappa shape index (κ1) is 31.8. The molecule has 6 N–H and O–H groups in total. The van der Waals surface area contributed by atoms with E-state index in [0.717, 1.165) is 38.5 Å². The Bertz CT molecular complexity index is 1240. The summed E-state index contributed by atoms with van der Waals surface area (Å²) in [6.45, 7) is 14.5. The van der Waals surface area contributed by atoms with Crippen LogP contribution in [0.15, 0.2) is 0 Å². The van der Waals surface area contributed by atoms with Crippen molar-refractivity contribution in [3.05, 3.63) is 0 Å². The summed E-state index contributed by atoms with van der Waals surface area (Å²) in [5.41, 5.74) is -2.78. The van der Waals surface area contributed by atoms with Crippen molar-refractivity contribution in [2.75, 3.05) is 6.61 Å². The van der Waals surface area contributed by atoms with E-state index in [9.17, 15) is 30.6 Å². The molecule has 0 aromatic rings. The number of fused-ring (bicyclic) bond motifs is 4. The predicted octanol–water partition coefficient (Wildman–Crippen LogP) is 2.09. The minimum Gasteiger partial charge on any atom is -0.393 e. The summed E-state index contributed by atoms with van der Waals surface area (Å²) in [4.78, 5) is 0. The van der Waals surface area contributed by atoms with Gasteiger partial charge in [-0.25, -0.2) is 0 Å². The van der Waals surface area contributed by atoms with E-state index in [0.29, 0.717) is 12.3 Å². The fourth-order valence-electron chi connectivity index (χ4n) is 14.0. The number of aliphatic hydroxyl groups is 6. The van der Waals surface area contributed by atoms with E-state index in [-0.39, 0.29) is 52.8 Å². The van der Waals surface area contributed by atoms with Crippen LogP contribution in [0.4, 0.5) is 0 Å². The minimum atomic E-state index is -1.32. The molecule has 45 heavy (non-hydrogen) atoms. The highest BCUT2D eigenvalue weighted by Crippen LogP contribution is 2.90. The molecule has 3 spiro atoms. The van der Waals surface area contributed by atoms with Crippen LogP contribution in [0.3, 0.4) is 0 Å². The predicted molar refractivity (Wildman–Crippen MR) is 160 cm³/mol. The first-order valence-corrected chi connectivity index (χ1v) is 17.6. The van der Waals surface area contributed by atoms with Crippen molar-refractivity contribution in [3.63, 3.8) is 0 Å². The summed E-state index contributed by atoms with van der Waals surface area (Å²) < 4.78 is 25.6. The van der Waals surface area contributed by atoms with Crippen molar-refractivity contribution in [2.24, 2.45) is 50.7 Å². The fourth-order valence-corrected chi connectivity index (χ4v) is 14.0. The van der Waals surface area contributed by atoms with Crippen LogP contribution < -0.4 is 0 Å². The standard InChI is InChI=1S/C35H56O10/c1-16-12-18-26(30(4,5)41)45-35(44-18)25(16)32(7)21(37)13-34-15-33(34)11-10-22(43-27-24(39)23(38)17(36)14-42-27)29(2,3)19(33)8-9-20(34)31(32,6)28(35)40/h16-28,36-41H,8-15H2,1-7H3/t16-,17+,18?,19?,20?,21?,22+,23+,24-,25?,26-,27-,28-,31-,32-,33?,34?,35+/m1/s1. The van der Waals surface area contributed by atoms with Crippen molar-refractivity contribution < 1.29 is 49.6 Å². The zero-order valence-corrected chi connectivity index (χ0v) is 28.0. The molecule has 5 saturated carbocycles. The topological polar surface area (TPSA) is 158 Å². The average molecular weight is 637 g/mol. The lowest BCUT2D eigenvalue weighted by Gasteiger charge is -2.65. The van der Waals surface area contributed by atoms with Crippen LogP contribution >= 0.6 is 0 Å². The number of ether oxygens (including phenoxy) is 4. The van der Waals surface area contributed by atoms with E-state index in [4.69, 9.17) is 18.9 Å². The Labute approximate surface area is 266 Å². The monoisotopic (exact) mass is 636 g/mol. The molecular weight excluding hydrogens is 580 g/mol. The maximum absolute atomic E-state index is 12.7. The van der Waals surface area contributed by atoms with Gasteiger partial charge in [0.05, 0.1) is 30.5 Å². The summed E-state index contributed by atoms with van der Waals surface area (Å²) >= 11 is 0. The third kappa shape index (κ3) is 3.51. The smallest absolute Gasteiger partial charge is 0.199 e. The van der Waals surface area contributed by atoms with Gasteiger partial charge in [-0.2, -0.15) is 0 Å². The highest BCUT2D eigenvalue weighted by Gasteiger charge is 2.89. The van der Waals surface area contributed by atoms with E-state index >= 15 is 0 Å². The van der Waals surface area contributed by atoms with E-state index in [1.54, 1.807) is 13.8 Å². The normalized spacial score (nSPS) is 62.7. The first-order valence-electron chi connectivity index (χ1n) is 17.6. The molecule has 0 radical (unpaired) electrons. The van der Waals surface area contributed by atoms with Crippen LogP contribution in [-0.4, -0.2) is 104 Å². The van der Waals surface area contributed by atoms with Crippen LogP contribution in [0.2, 0.25) is 0 Å². The molecule has 5 aliphatic carbocycles. The summed E-state index contributed by atoms with van der Waals surface area (Å²) in [5.74, 6) is -0.820. The van der Waals surface area contributed by atoms with E-state index in [1.807, 2.05) is 0 Å². The third-order valence-electron chi connectivity index (χ3n) is 15.9. The molecular formula is C35H56O10. The first-order chi connectivity index (χ1) is 20.8. The lowest BCUT2D eigenvalue weighted by atomic mass is 9.40. The van der Waals surface area contributed by atoms with Crippen molar-refractivity contribution >= 4 is 0 Å². The Morgan fingerprint density at radius 1 is 0.844 bits per heavy atom.